The van der Waals surface area contributed by atoms with Crippen molar-refractivity contribution in [3.05, 3.63) is 87.6 Å². The van der Waals surface area contributed by atoms with Crippen molar-refractivity contribution in [2.45, 2.75) is 13.1 Å². The molecule has 9 heteroatoms. The Hall–Kier alpha value is -3.91. The van der Waals surface area contributed by atoms with Crippen molar-refractivity contribution in [1.29, 1.82) is 0 Å². The molecule has 2 aromatic carbocycles. The minimum absolute atomic E-state index is 0.0553. The summed E-state index contributed by atoms with van der Waals surface area (Å²) in [6.07, 6.45) is 1.53. The number of halogens is 1. The van der Waals surface area contributed by atoms with E-state index in [0.29, 0.717) is 39.0 Å². The third kappa shape index (κ3) is 5.12. The van der Waals surface area contributed by atoms with Gasteiger partial charge in [-0.05, 0) is 48.5 Å². The number of hydrogen-bond donors (Lipinski definition) is 2. The molecule has 0 saturated heterocycles. The number of nitrogens with one attached hydrogen (secondary N) is 2. The van der Waals surface area contributed by atoms with Gasteiger partial charge in [-0.2, -0.15) is 0 Å². The average molecular weight is 468 g/mol. The van der Waals surface area contributed by atoms with Crippen molar-refractivity contribution < 1.29 is 18.7 Å². The predicted octanol–water partition coefficient (Wildman–Crippen LogP) is 5.03. The van der Waals surface area contributed by atoms with Crippen molar-refractivity contribution in [2.75, 3.05) is 19.5 Å². The van der Waals surface area contributed by atoms with Gasteiger partial charge in [0.1, 0.15) is 5.76 Å². The van der Waals surface area contributed by atoms with Gasteiger partial charge in [-0.15, -0.1) is 0 Å². The number of aromatic nitrogens is 1. The monoisotopic (exact) mass is 467 g/mol. The first kappa shape index (κ1) is 22.3. The van der Waals surface area contributed by atoms with Crippen molar-refractivity contribution in [1.82, 2.24) is 9.88 Å². The Morgan fingerprint density at radius 1 is 1.06 bits per heavy atom. The van der Waals surface area contributed by atoms with Crippen molar-refractivity contribution in [3.8, 4) is 11.5 Å². The maximum Gasteiger partial charge on any atom is 0.322 e. The summed E-state index contributed by atoms with van der Waals surface area (Å²) in [6, 6.07) is 15.1. The van der Waals surface area contributed by atoms with Gasteiger partial charge in [0, 0.05) is 27.7 Å². The Kier molecular flexibility index (Phi) is 6.55. The molecule has 33 heavy (non-hydrogen) atoms. The van der Waals surface area contributed by atoms with E-state index in [9.17, 15) is 9.59 Å². The first-order valence-electron chi connectivity index (χ1n) is 10.1. The number of rotatable bonds is 7. The van der Waals surface area contributed by atoms with Gasteiger partial charge in [-0.1, -0.05) is 11.6 Å². The fraction of sp³-hybridized carbons (Fsp3) is 0.167. The summed E-state index contributed by atoms with van der Waals surface area (Å²) in [5.74, 6) is 1.64. The van der Waals surface area contributed by atoms with Gasteiger partial charge >= 0.3 is 6.03 Å². The molecule has 4 aromatic rings. The quantitative estimate of drug-likeness (QED) is 0.397. The van der Waals surface area contributed by atoms with Crippen LogP contribution in [0.15, 0.2) is 70.1 Å². The molecule has 2 N–H and O–H groups in total. The maximum atomic E-state index is 13.1. The van der Waals surface area contributed by atoms with E-state index in [1.54, 1.807) is 61.7 Å². The fourth-order valence-corrected chi connectivity index (χ4v) is 3.55. The van der Waals surface area contributed by atoms with Gasteiger partial charge < -0.3 is 29.1 Å². The number of carbonyl (C=O) groups excluding carboxylic acids is 1. The number of pyridine rings is 1. The molecule has 2 heterocycles. The molecule has 0 unspecified atom stereocenters. The smallest absolute Gasteiger partial charge is 0.322 e. The summed E-state index contributed by atoms with van der Waals surface area (Å²) in [5.41, 5.74) is 1.29. The number of furan rings is 1. The fourth-order valence-electron chi connectivity index (χ4n) is 3.43. The molecule has 8 nitrogen and oxygen atoms in total. The van der Waals surface area contributed by atoms with E-state index < -0.39 is 0 Å². The van der Waals surface area contributed by atoms with Crippen LogP contribution in [0.5, 0.6) is 11.5 Å². The topological polar surface area (TPSA) is 96.8 Å². The van der Waals surface area contributed by atoms with Gasteiger partial charge in [-0.3, -0.25) is 4.79 Å². The van der Waals surface area contributed by atoms with Crippen LogP contribution < -0.4 is 20.3 Å². The molecular formula is C24H22ClN3O5. The number of anilines is 1. The second-order valence-electron chi connectivity index (χ2n) is 7.29. The Balaban J connectivity index is 1.65. The highest BCUT2D eigenvalue weighted by molar-refractivity contribution is 6.30. The summed E-state index contributed by atoms with van der Waals surface area (Å²) >= 11 is 5.93. The van der Waals surface area contributed by atoms with Gasteiger partial charge in [0.05, 0.1) is 39.1 Å². The van der Waals surface area contributed by atoms with Crippen LogP contribution in [0, 0.1) is 0 Å². The first-order valence-corrected chi connectivity index (χ1v) is 10.5. The lowest BCUT2D eigenvalue weighted by Gasteiger charge is -2.22. The number of urea groups is 1. The molecule has 0 bridgehead atoms. The number of nitrogens with zero attached hydrogens (tertiary/aromatic N) is 1. The molecule has 0 aliphatic rings. The van der Waals surface area contributed by atoms with Crippen LogP contribution in [0.1, 0.15) is 11.3 Å². The average Bonchev–Trinajstić information content (AvgIpc) is 3.33. The number of H-pyrrole nitrogens is 1. The summed E-state index contributed by atoms with van der Waals surface area (Å²) in [7, 11) is 3.07. The second kappa shape index (κ2) is 9.70. The maximum absolute atomic E-state index is 13.1. The number of methoxy groups -OCH3 is 2. The van der Waals surface area contributed by atoms with E-state index >= 15 is 0 Å². The number of aromatic amines is 1. The molecule has 2 aromatic heterocycles. The van der Waals surface area contributed by atoms with Crippen LogP contribution >= 0.6 is 11.6 Å². The van der Waals surface area contributed by atoms with Gasteiger partial charge in [0.25, 0.3) is 5.56 Å². The molecule has 0 fully saturated rings. The molecule has 2 amide bonds. The minimum Gasteiger partial charge on any atom is -0.493 e. The molecule has 0 spiro atoms. The summed E-state index contributed by atoms with van der Waals surface area (Å²) in [4.78, 5) is 30.2. The SMILES string of the molecule is COc1cc2cc(CN(Cc3ccco3)C(=O)Nc3ccc(Cl)cc3)c(=O)[nH]c2cc1OC. The Morgan fingerprint density at radius 3 is 2.45 bits per heavy atom. The van der Waals surface area contributed by atoms with Crippen molar-refractivity contribution in [3.63, 3.8) is 0 Å². The molecular weight excluding hydrogens is 446 g/mol. The first-order chi connectivity index (χ1) is 16.0. The summed E-state index contributed by atoms with van der Waals surface area (Å²) in [5, 5.41) is 4.14. The second-order valence-corrected chi connectivity index (χ2v) is 7.73. The van der Waals surface area contributed by atoms with Crippen LogP contribution in [-0.2, 0) is 13.1 Å². The molecule has 4 rings (SSSR count). The highest BCUT2D eigenvalue weighted by atomic mass is 35.5. The molecule has 0 atom stereocenters. The van der Waals surface area contributed by atoms with Crippen LogP contribution in [0.2, 0.25) is 5.02 Å². The largest absolute Gasteiger partial charge is 0.493 e. The summed E-state index contributed by atoms with van der Waals surface area (Å²) in [6.45, 7) is 0.232. The van der Waals surface area contributed by atoms with E-state index in [1.807, 2.05) is 0 Å². The zero-order valence-electron chi connectivity index (χ0n) is 18.1. The normalized spacial score (nSPS) is 10.8. The van der Waals surface area contributed by atoms with E-state index in [2.05, 4.69) is 10.3 Å². The third-order valence-corrected chi connectivity index (χ3v) is 5.35. The van der Waals surface area contributed by atoms with Gasteiger partial charge in [0.2, 0.25) is 0 Å². The molecule has 0 radical (unpaired) electrons. The standard InChI is InChI=1S/C24H22ClN3O5/c1-31-21-11-15-10-16(23(29)27-20(15)12-22(21)32-2)13-28(14-19-4-3-9-33-19)24(30)26-18-7-5-17(25)6-8-18/h3-12H,13-14H2,1-2H3,(H,26,30)(H,27,29). The minimum atomic E-state index is -0.388. The number of ether oxygens (including phenoxy) is 2. The predicted molar refractivity (Wildman–Crippen MR) is 126 cm³/mol. The highest BCUT2D eigenvalue weighted by Crippen LogP contribution is 2.31. The van der Waals surface area contributed by atoms with Gasteiger partial charge in [0.15, 0.2) is 11.5 Å². The van der Waals surface area contributed by atoms with Crippen LogP contribution in [0.25, 0.3) is 10.9 Å². The zero-order chi connectivity index (χ0) is 23.4. The van der Waals surface area contributed by atoms with Gasteiger partial charge in [-0.25, -0.2) is 4.79 Å². The number of amides is 2. The zero-order valence-corrected chi connectivity index (χ0v) is 18.8. The van der Waals surface area contributed by atoms with E-state index in [0.717, 1.165) is 5.39 Å². The lowest BCUT2D eigenvalue weighted by Crippen LogP contribution is -2.35. The molecule has 0 aliphatic heterocycles. The number of carbonyl (C=O) groups is 1. The van der Waals surface area contributed by atoms with Crippen LogP contribution in [0.3, 0.4) is 0 Å². The van der Waals surface area contributed by atoms with Crippen LogP contribution in [0.4, 0.5) is 10.5 Å². The molecule has 0 saturated carbocycles. The van der Waals surface area contributed by atoms with Crippen LogP contribution in [-0.4, -0.2) is 30.1 Å². The lowest BCUT2D eigenvalue weighted by atomic mass is 10.1. The van der Waals surface area contributed by atoms with E-state index in [1.165, 1.54) is 18.3 Å². The van der Waals surface area contributed by atoms with E-state index in [-0.39, 0.29) is 24.7 Å². The number of hydrogen-bond acceptors (Lipinski definition) is 5. The Morgan fingerprint density at radius 2 is 1.79 bits per heavy atom. The molecule has 170 valence electrons. The summed E-state index contributed by atoms with van der Waals surface area (Å²) < 4.78 is 16.1. The Labute approximate surface area is 194 Å². The lowest BCUT2D eigenvalue weighted by molar-refractivity contribution is 0.201. The number of benzene rings is 2. The van der Waals surface area contributed by atoms with Crippen molar-refractivity contribution >= 4 is 34.2 Å². The third-order valence-electron chi connectivity index (χ3n) is 5.10. The molecule has 0 aliphatic carbocycles. The number of fused-ring (bicyclic) bond motifs is 1. The Bertz CT molecular complexity index is 1320. The highest BCUT2D eigenvalue weighted by Gasteiger charge is 2.19. The van der Waals surface area contributed by atoms with Crippen molar-refractivity contribution in [2.24, 2.45) is 0 Å². The van der Waals surface area contributed by atoms with E-state index in [4.69, 9.17) is 25.5 Å².